The molecule has 0 atom stereocenters. The van der Waals surface area contributed by atoms with Gasteiger partial charge in [-0.15, -0.1) is 0 Å². The van der Waals surface area contributed by atoms with Crippen LogP contribution in [0.25, 0.3) is 0 Å². The van der Waals surface area contributed by atoms with Crippen LogP contribution in [0, 0.1) is 0 Å². The third-order valence-electron chi connectivity index (χ3n) is 3.00. The Morgan fingerprint density at radius 2 is 1.61 bits per heavy atom. The third kappa shape index (κ3) is 4.44. The van der Waals surface area contributed by atoms with Crippen molar-refractivity contribution in [3.8, 4) is 11.5 Å². The molecule has 2 aromatic rings. The zero-order valence-electron chi connectivity index (χ0n) is 12.8. The van der Waals surface area contributed by atoms with Crippen LogP contribution in [-0.4, -0.2) is 17.0 Å². The van der Waals surface area contributed by atoms with Gasteiger partial charge in [-0.2, -0.15) is 0 Å². The number of allylic oxidation sites excluding steroid dienone is 2. The maximum Gasteiger partial charge on any atom is 0.343 e. The monoisotopic (exact) mass is 312 g/mol. The van der Waals surface area contributed by atoms with Crippen LogP contribution in [-0.2, 0) is 4.74 Å². The molecule has 0 fully saturated rings. The molecule has 0 spiro atoms. The van der Waals surface area contributed by atoms with E-state index in [-0.39, 0.29) is 16.9 Å². The summed E-state index contributed by atoms with van der Waals surface area (Å²) in [7, 11) is 0. The average Bonchev–Trinajstić information content (AvgIpc) is 2.55. The van der Waals surface area contributed by atoms with Gasteiger partial charge >= 0.3 is 11.9 Å². The fraction of sp³-hybridized carbons (Fsp3) is 0.111. The maximum atomic E-state index is 12.1. The Balaban J connectivity index is 2.23. The van der Waals surface area contributed by atoms with Crippen LogP contribution in [0.5, 0.6) is 11.5 Å². The lowest BCUT2D eigenvalue weighted by Gasteiger charge is -2.08. The molecule has 0 amide bonds. The van der Waals surface area contributed by atoms with Crippen LogP contribution in [0.3, 0.4) is 0 Å². The van der Waals surface area contributed by atoms with Crippen LogP contribution in [0.4, 0.5) is 0 Å². The van der Waals surface area contributed by atoms with Gasteiger partial charge in [0.1, 0.15) is 17.3 Å². The van der Waals surface area contributed by atoms with Crippen molar-refractivity contribution >= 4 is 11.9 Å². The van der Waals surface area contributed by atoms with E-state index in [0.29, 0.717) is 11.5 Å². The molecule has 0 aliphatic rings. The molecule has 0 aliphatic carbocycles. The van der Waals surface area contributed by atoms with Gasteiger partial charge in [-0.05, 0) is 50.3 Å². The standard InChI is InChI=1S/C18H16O5/c1-3-12(2)22-17(20)13-9-14(11-15(19)10-13)18(21)23-16-7-5-4-6-8-16/h3-11,19H,1-2H3/b12-3+. The number of esters is 2. The second kappa shape index (κ2) is 7.26. The van der Waals surface area contributed by atoms with Gasteiger partial charge in [0.05, 0.1) is 11.1 Å². The fourth-order valence-corrected chi connectivity index (χ4v) is 1.77. The average molecular weight is 312 g/mol. The maximum absolute atomic E-state index is 12.1. The molecule has 2 rings (SSSR count). The highest BCUT2D eigenvalue weighted by Gasteiger charge is 2.16. The van der Waals surface area contributed by atoms with Gasteiger partial charge in [0.15, 0.2) is 0 Å². The normalized spacial score (nSPS) is 11.0. The van der Waals surface area contributed by atoms with Gasteiger partial charge in [0.25, 0.3) is 0 Å². The topological polar surface area (TPSA) is 72.8 Å². The van der Waals surface area contributed by atoms with Crippen molar-refractivity contribution < 1.29 is 24.2 Å². The summed E-state index contributed by atoms with van der Waals surface area (Å²) in [6.45, 7) is 3.36. The lowest BCUT2D eigenvalue weighted by Crippen LogP contribution is -2.11. The second-order valence-electron chi connectivity index (χ2n) is 4.76. The first kappa shape index (κ1) is 16.3. The lowest BCUT2D eigenvalue weighted by molar-refractivity contribution is 0.0625. The molecule has 2 aromatic carbocycles. The highest BCUT2D eigenvalue weighted by Crippen LogP contribution is 2.19. The number of carbonyl (C=O) groups is 2. The van der Waals surface area contributed by atoms with Gasteiger partial charge in [0, 0.05) is 0 Å². The van der Waals surface area contributed by atoms with E-state index in [1.54, 1.807) is 50.3 Å². The van der Waals surface area contributed by atoms with Crippen LogP contribution < -0.4 is 4.74 Å². The highest BCUT2D eigenvalue weighted by atomic mass is 16.5. The van der Waals surface area contributed by atoms with Crippen molar-refractivity contribution in [2.24, 2.45) is 0 Å². The van der Waals surface area contributed by atoms with Crippen molar-refractivity contribution in [2.45, 2.75) is 13.8 Å². The second-order valence-corrected chi connectivity index (χ2v) is 4.76. The van der Waals surface area contributed by atoms with Crippen LogP contribution in [0.2, 0.25) is 0 Å². The molecule has 118 valence electrons. The first-order chi connectivity index (χ1) is 11.0. The van der Waals surface area contributed by atoms with E-state index in [4.69, 9.17) is 9.47 Å². The van der Waals surface area contributed by atoms with Crippen molar-refractivity contribution in [2.75, 3.05) is 0 Å². The number of hydrogen-bond acceptors (Lipinski definition) is 5. The molecule has 0 saturated heterocycles. The largest absolute Gasteiger partial charge is 0.508 e. The molecular formula is C18H16O5. The van der Waals surface area contributed by atoms with Crippen molar-refractivity contribution in [3.05, 3.63) is 71.5 Å². The number of benzene rings is 2. The molecule has 0 heterocycles. The SMILES string of the molecule is C/C=C(\C)OC(=O)c1cc(O)cc(C(=O)Oc2ccccc2)c1. The molecule has 0 saturated carbocycles. The minimum absolute atomic E-state index is 0.0546. The molecule has 0 aromatic heterocycles. The van der Waals surface area contributed by atoms with Gasteiger partial charge in [-0.1, -0.05) is 18.2 Å². The summed E-state index contributed by atoms with van der Waals surface area (Å²) in [6.07, 6.45) is 1.63. The number of phenolic OH excluding ortho intramolecular Hbond substituents is 1. The van der Waals surface area contributed by atoms with E-state index in [2.05, 4.69) is 0 Å². The quantitative estimate of drug-likeness (QED) is 0.529. The third-order valence-corrected chi connectivity index (χ3v) is 3.00. The van der Waals surface area contributed by atoms with Gasteiger partial charge in [-0.25, -0.2) is 9.59 Å². The fourth-order valence-electron chi connectivity index (χ4n) is 1.77. The Hall–Kier alpha value is -3.08. The Labute approximate surface area is 133 Å². The van der Waals surface area contributed by atoms with Crippen molar-refractivity contribution in [3.63, 3.8) is 0 Å². The lowest BCUT2D eigenvalue weighted by atomic mass is 10.1. The van der Waals surface area contributed by atoms with Crippen molar-refractivity contribution in [1.82, 2.24) is 0 Å². The molecule has 0 aliphatic heterocycles. The molecule has 23 heavy (non-hydrogen) atoms. The van der Waals surface area contributed by atoms with Gasteiger partial charge in [-0.3, -0.25) is 0 Å². The number of para-hydroxylation sites is 1. The van der Waals surface area contributed by atoms with E-state index in [0.717, 1.165) is 0 Å². The number of hydrogen-bond donors (Lipinski definition) is 1. The molecule has 5 nitrogen and oxygen atoms in total. The van der Waals surface area contributed by atoms with Crippen LogP contribution in [0.1, 0.15) is 34.6 Å². The summed E-state index contributed by atoms with van der Waals surface area (Å²) in [4.78, 5) is 24.1. The first-order valence-corrected chi connectivity index (χ1v) is 6.96. The predicted molar refractivity (Wildman–Crippen MR) is 84.4 cm³/mol. The van der Waals surface area contributed by atoms with E-state index < -0.39 is 11.9 Å². The summed E-state index contributed by atoms with van der Waals surface area (Å²) in [5.74, 6) is -0.770. The minimum Gasteiger partial charge on any atom is -0.508 e. The Morgan fingerprint density at radius 3 is 2.22 bits per heavy atom. The summed E-state index contributed by atoms with van der Waals surface area (Å²) >= 11 is 0. The summed E-state index contributed by atoms with van der Waals surface area (Å²) in [6, 6.07) is 12.3. The minimum atomic E-state index is -0.677. The Morgan fingerprint density at radius 1 is 1.00 bits per heavy atom. The zero-order valence-corrected chi connectivity index (χ0v) is 12.8. The van der Waals surface area contributed by atoms with E-state index in [1.165, 1.54) is 18.2 Å². The molecule has 0 radical (unpaired) electrons. The number of ether oxygens (including phenoxy) is 2. The van der Waals surface area contributed by atoms with Crippen LogP contribution >= 0.6 is 0 Å². The Kier molecular flexibility index (Phi) is 5.15. The summed E-state index contributed by atoms with van der Waals surface area (Å²) in [5.41, 5.74) is 0.116. The van der Waals surface area contributed by atoms with Crippen molar-refractivity contribution in [1.29, 1.82) is 0 Å². The number of rotatable bonds is 4. The highest BCUT2D eigenvalue weighted by molar-refractivity contribution is 5.97. The summed E-state index contributed by atoms with van der Waals surface area (Å²) in [5, 5.41) is 9.72. The van der Waals surface area contributed by atoms with Gasteiger partial charge < -0.3 is 14.6 Å². The van der Waals surface area contributed by atoms with E-state index in [1.807, 2.05) is 0 Å². The smallest absolute Gasteiger partial charge is 0.343 e. The Bertz CT molecular complexity index is 747. The number of carbonyl (C=O) groups excluding carboxylic acids is 2. The number of aromatic hydroxyl groups is 1. The zero-order chi connectivity index (χ0) is 16.8. The van der Waals surface area contributed by atoms with E-state index >= 15 is 0 Å². The number of phenols is 1. The first-order valence-electron chi connectivity index (χ1n) is 6.96. The molecule has 5 heteroatoms. The van der Waals surface area contributed by atoms with Crippen LogP contribution in [0.15, 0.2) is 60.4 Å². The molecule has 0 unspecified atom stereocenters. The molecular weight excluding hydrogens is 296 g/mol. The summed E-state index contributed by atoms with van der Waals surface area (Å²) < 4.78 is 10.2. The van der Waals surface area contributed by atoms with Gasteiger partial charge in [0.2, 0.25) is 0 Å². The van der Waals surface area contributed by atoms with E-state index in [9.17, 15) is 14.7 Å². The molecule has 1 N–H and O–H groups in total. The molecule has 0 bridgehead atoms. The predicted octanol–water partition coefficient (Wildman–Crippen LogP) is 3.69.